The van der Waals surface area contributed by atoms with Crippen molar-refractivity contribution in [1.29, 1.82) is 0 Å². The standard InChI is InChI=1S/C9H19O4/c1-5-10-8(4)13-9(11-6-2)12-7-3/h8H,5-7H2,1-4H3. The third-order valence-electron chi connectivity index (χ3n) is 1.19. The van der Waals surface area contributed by atoms with E-state index in [-0.39, 0.29) is 12.8 Å². The Balaban J connectivity index is 3.64. The monoisotopic (exact) mass is 191 g/mol. The van der Waals surface area contributed by atoms with E-state index in [1.807, 2.05) is 20.8 Å². The summed E-state index contributed by atoms with van der Waals surface area (Å²) in [7, 11) is 0. The van der Waals surface area contributed by atoms with E-state index < -0.39 is 0 Å². The molecule has 4 heteroatoms. The van der Waals surface area contributed by atoms with Crippen molar-refractivity contribution in [1.82, 2.24) is 0 Å². The maximum absolute atomic E-state index is 5.22. The van der Waals surface area contributed by atoms with Gasteiger partial charge in [-0.1, -0.05) is 0 Å². The molecule has 0 aliphatic carbocycles. The van der Waals surface area contributed by atoms with Crippen LogP contribution in [0.1, 0.15) is 27.7 Å². The summed E-state index contributed by atoms with van der Waals surface area (Å²) < 4.78 is 20.6. The largest absolute Gasteiger partial charge is 0.372 e. The minimum absolute atomic E-state index is 0.186. The van der Waals surface area contributed by atoms with Crippen LogP contribution in [0.2, 0.25) is 0 Å². The van der Waals surface area contributed by atoms with Gasteiger partial charge in [-0.15, -0.1) is 0 Å². The smallest absolute Gasteiger partial charge is 0.353 e. The van der Waals surface area contributed by atoms with Crippen LogP contribution < -0.4 is 0 Å². The molecule has 0 spiro atoms. The minimum Gasteiger partial charge on any atom is -0.353 e. The van der Waals surface area contributed by atoms with Crippen molar-refractivity contribution in [3.8, 4) is 0 Å². The van der Waals surface area contributed by atoms with Crippen molar-refractivity contribution in [2.24, 2.45) is 0 Å². The van der Waals surface area contributed by atoms with Crippen molar-refractivity contribution in [2.75, 3.05) is 19.8 Å². The first kappa shape index (κ1) is 12.8. The van der Waals surface area contributed by atoms with E-state index in [0.717, 1.165) is 0 Å². The van der Waals surface area contributed by atoms with E-state index >= 15 is 0 Å². The first-order chi connectivity index (χ1) is 6.24. The molecule has 0 N–H and O–H groups in total. The lowest BCUT2D eigenvalue weighted by Crippen LogP contribution is -2.21. The van der Waals surface area contributed by atoms with E-state index in [0.29, 0.717) is 19.8 Å². The van der Waals surface area contributed by atoms with Crippen molar-refractivity contribution in [3.63, 3.8) is 0 Å². The summed E-state index contributed by atoms with van der Waals surface area (Å²) >= 11 is 0. The normalized spacial score (nSPS) is 13.6. The molecule has 0 bridgehead atoms. The second-order valence-electron chi connectivity index (χ2n) is 2.26. The number of rotatable bonds is 8. The lowest BCUT2D eigenvalue weighted by molar-refractivity contribution is -0.252. The van der Waals surface area contributed by atoms with Gasteiger partial charge in [0.25, 0.3) is 0 Å². The van der Waals surface area contributed by atoms with Gasteiger partial charge in [0.15, 0.2) is 6.29 Å². The lowest BCUT2D eigenvalue weighted by atomic mass is 10.7. The van der Waals surface area contributed by atoms with Crippen molar-refractivity contribution in [3.05, 3.63) is 6.48 Å². The first-order valence-corrected chi connectivity index (χ1v) is 4.65. The highest BCUT2D eigenvalue weighted by molar-refractivity contribution is 4.48. The molecule has 1 unspecified atom stereocenters. The summed E-state index contributed by atoms with van der Waals surface area (Å²) in [6.07, 6.45) is -0.335. The molecular formula is C9H19O4. The van der Waals surface area contributed by atoms with Crippen LogP contribution in [-0.2, 0) is 18.9 Å². The first-order valence-electron chi connectivity index (χ1n) is 4.65. The van der Waals surface area contributed by atoms with Gasteiger partial charge in [0, 0.05) is 19.8 Å². The van der Waals surface area contributed by atoms with Crippen molar-refractivity contribution in [2.45, 2.75) is 34.0 Å². The van der Waals surface area contributed by atoms with Crippen LogP contribution in [-0.4, -0.2) is 26.1 Å². The molecule has 0 heterocycles. The molecule has 0 aliphatic rings. The van der Waals surface area contributed by atoms with E-state index in [9.17, 15) is 0 Å². The molecule has 0 fully saturated rings. The Morgan fingerprint density at radius 3 is 1.92 bits per heavy atom. The second-order valence-corrected chi connectivity index (χ2v) is 2.26. The van der Waals surface area contributed by atoms with Crippen LogP contribution >= 0.6 is 0 Å². The highest BCUT2D eigenvalue weighted by atomic mass is 16.9. The summed E-state index contributed by atoms with van der Waals surface area (Å²) in [5.74, 6) is 0. The van der Waals surface area contributed by atoms with E-state index in [1.54, 1.807) is 6.92 Å². The Morgan fingerprint density at radius 1 is 1.00 bits per heavy atom. The van der Waals surface area contributed by atoms with Gasteiger partial charge < -0.3 is 14.2 Å². The quantitative estimate of drug-likeness (QED) is 0.549. The van der Waals surface area contributed by atoms with E-state index in [1.165, 1.54) is 0 Å². The highest BCUT2D eigenvalue weighted by Gasteiger charge is 2.15. The SMILES string of the molecule is CCO[C](OCC)OC(C)OCC. The van der Waals surface area contributed by atoms with Crippen LogP contribution in [0.3, 0.4) is 0 Å². The molecule has 0 amide bonds. The summed E-state index contributed by atoms with van der Waals surface area (Å²) in [4.78, 5) is 0. The molecule has 0 aliphatic heterocycles. The topological polar surface area (TPSA) is 36.9 Å². The van der Waals surface area contributed by atoms with Crippen molar-refractivity contribution < 1.29 is 18.9 Å². The zero-order valence-corrected chi connectivity index (χ0v) is 8.83. The van der Waals surface area contributed by atoms with Crippen LogP contribution in [0.25, 0.3) is 0 Å². The van der Waals surface area contributed by atoms with Gasteiger partial charge in [-0.2, -0.15) is 0 Å². The number of hydrogen-bond donors (Lipinski definition) is 0. The van der Waals surface area contributed by atoms with Crippen LogP contribution in [0.15, 0.2) is 0 Å². The molecule has 4 nitrogen and oxygen atoms in total. The highest BCUT2D eigenvalue weighted by Crippen LogP contribution is 2.10. The maximum atomic E-state index is 5.22. The Bertz CT molecular complexity index is 102. The van der Waals surface area contributed by atoms with Gasteiger partial charge in [0.2, 0.25) is 0 Å². The zero-order valence-electron chi connectivity index (χ0n) is 8.83. The molecule has 0 aromatic heterocycles. The zero-order chi connectivity index (χ0) is 10.1. The minimum atomic E-state index is -0.335. The molecule has 0 aromatic rings. The van der Waals surface area contributed by atoms with Gasteiger partial charge in [-0.05, 0) is 27.7 Å². The van der Waals surface area contributed by atoms with E-state index in [4.69, 9.17) is 18.9 Å². The molecule has 0 saturated heterocycles. The lowest BCUT2D eigenvalue weighted by Gasteiger charge is -2.18. The molecule has 1 atom stereocenters. The molecule has 0 saturated carbocycles. The molecular weight excluding hydrogens is 172 g/mol. The average molecular weight is 191 g/mol. The summed E-state index contributed by atoms with van der Waals surface area (Å²) in [5, 5.41) is 0. The Morgan fingerprint density at radius 2 is 1.54 bits per heavy atom. The van der Waals surface area contributed by atoms with Gasteiger partial charge >= 0.3 is 6.48 Å². The molecule has 1 radical (unpaired) electrons. The predicted molar refractivity (Wildman–Crippen MR) is 48.7 cm³/mol. The Kier molecular flexibility index (Phi) is 8.33. The summed E-state index contributed by atoms with van der Waals surface area (Å²) in [6.45, 7) is 9.27. The maximum Gasteiger partial charge on any atom is 0.372 e. The predicted octanol–water partition coefficient (Wildman–Crippen LogP) is 1.91. The second kappa shape index (κ2) is 8.44. The average Bonchev–Trinajstić information content (AvgIpc) is 2.05. The van der Waals surface area contributed by atoms with Gasteiger partial charge in [0.1, 0.15) is 0 Å². The molecule has 0 rings (SSSR count). The Labute approximate surface area is 80.1 Å². The fourth-order valence-electron chi connectivity index (χ4n) is 0.750. The Hall–Kier alpha value is -0.160. The van der Waals surface area contributed by atoms with Crippen LogP contribution in [0, 0.1) is 6.48 Å². The van der Waals surface area contributed by atoms with E-state index in [2.05, 4.69) is 0 Å². The summed E-state index contributed by atoms with van der Waals surface area (Å²) in [6, 6.07) is 0. The fraction of sp³-hybridized carbons (Fsp3) is 0.889. The molecule has 0 aromatic carbocycles. The third-order valence-corrected chi connectivity index (χ3v) is 1.19. The third kappa shape index (κ3) is 6.95. The van der Waals surface area contributed by atoms with Gasteiger partial charge in [0.05, 0.1) is 0 Å². The number of hydrogen-bond acceptors (Lipinski definition) is 4. The summed E-state index contributed by atoms with van der Waals surface area (Å²) in [5.41, 5.74) is 0. The van der Waals surface area contributed by atoms with Gasteiger partial charge in [-0.25, -0.2) is 0 Å². The molecule has 79 valence electrons. The van der Waals surface area contributed by atoms with Gasteiger partial charge in [-0.3, -0.25) is 4.74 Å². The van der Waals surface area contributed by atoms with Crippen molar-refractivity contribution >= 4 is 0 Å². The fourth-order valence-corrected chi connectivity index (χ4v) is 0.750. The molecule has 13 heavy (non-hydrogen) atoms. The number of ether oxygens (including phenoxy) is 4. The van der Waals surface area contributed by atoms with Crippen LogP contribution in [0.4, 0.5) is 0 Å². The van der Waals surface area contributed by atoms with Crippen LogP contribution in [0.5, 0.6) is 0 Å².